The van der Waals surface area contributed by atoms with Crippen LogP contribution < -0.4 is 5.73 Å². The Kier molecular flexibility index (Phi) is 6.46. The Morgan fingerprint density at radius 3 is 2.90 bits per heavy atom. The molecule has 0 aromatic heterocycles. The average Bonchev–Trinajstić information content (AvgIpc) is 2.71. The van der Waals surface area contributed by atoms with E-state index in [1.54, 1.807) is 12.1 Å². The molecule has 1 aliphatic rings. The highest BCUT2D eigenvalue weighted by molar-refractivity contribution is 6.30. The Labute approximate surface area is 132 Å². The van der Waals surface area contributed by atoms with Crippen LogP contribution in [-0.2, 0) is 0 Å². The summed E-state index contributed by atoms with van der Waals surface area (Å²) in [7, 11) is 0. The molecule has 0 amide bonds. The molecule has 0 saturated carbocycles. The van der Waals surface area contributed by atoms with Gasteiger partial charge in [-0.2, -0.15) is 0 Å². The zero-order valence-corrected chi connectivity index (χ0v) is 13.6. The van der Waals surface area contributed by atoms with Crippen molar-refractivity contribution in [3.05, 3.63) is 34.6 Å². The van der Waals surface area contributed by atoms with E-state index in [0.717, 1.165) is 19.0 Å². The lowest BCUT2D eigenvalue weighted by molar-refractivity contribution is 0.202. The Hall–Kier alpha value is -0.640. The van der Waals surface area contributed by atoms with Crippen molar-refractivity contribution < 1.29 is 4.39 Å². The van der Waals surface area contributed by atoms with Crippen LogP contribution in [0.2, 0.25) is 5.02 Å². The molecule has 0 aliphatic carbocycles. The molecule has 2 nitrogen and oxygen atoms in total. The maximum Gasteiger partial charge on any atom is 0.146 e. The molecule has 118 valence electrons. The van der Waals surface area contributed by atoms with Crippen molar-refractivity contribution in [2.75, 3.05) is 19.6 Å². The standard InChI is InChI=1S/C17H26ClFN2/c1-2-5-13-6-4-10-21(11-9-13)16(12-20)14-7-3-8-15(18)17(14)19/h3,7-8,13,16H,2,4-6,9-12,20H2,1H3. The zero-order valence-electron chi connectivity index (χ0n) is 12.8. The molecule has 0 spiro atoms. The molecule has 4 heteroatoms. The summed E-state index contributed by atoms with van der Waals surface area (Å²) in [6.07, 6.45) is 6.18. The summed E-state index contributed by atoms with van der Waals surface area (Å²) in [6, 6.07) is 5.14. The van der Waals surface area contributed by atoms with Gasteiger partial charge in [0.05, 0.1) is 5.02 Å². The normalized spacial score (nSPS) is 22.0. The van der Waals surface area contributed by atoms with E-state index in [9.17, 15) is 4.39 Å². The van der Waals surface area contributed by atoms with Crippen LogP contribution in [0.25, 0.3) is 0 Å². The van der Waals surface area contributed by atoms with E-state index in [0.29, 0.717) is 12.1 Å². The van der Waals surface area contributed by atoms with Crippen LogP contribution in [0.1, 0.15) is 50.6 Å². The second kappa shape index (κ2) is 8.11. The van der Waals surface area contributed by atoms with Gasteiger partial charge in [0, 0.05) is 18.2 Å². The molecule has 1 fully saturated rings. The smallest absolute Gasteiger partial charge is 0.146 e. The Morgan fingerprint density at radius 2 is 2.19 bits per heavy atom. The second-order valence-electron chi connectivity index (χ2n) is 6.02. The summed E-state index contributed by atoms with van der Waals surface area (Å²) in [5.41, 5.74) is 6.59. The minimum Gasteiger partial charge on any atom is -0.329 e. The molecule has 21 heavy (non-hydrogen) atoms. The van der Waals surface area contributed by atoms with Crippen molar-refractivity contribution in [3.63, 3.8) is 0 Å². The average molecular weight is 313 g/mol. The van der Waals surface area contributed by atoms with Gasteiger partial charge in [0.1, 0.15) is 5.82 Å². The minimum absolute atomic E-state index is 0.0657. The van der Waals surface area contributed by atoms with Crippen LogP contribution in [0.4, 0.5) is 4.39 Å². The topological polar surface area (TPSA) is 29.3 Å². The molecule has 2 N–H and O–H groups in total. The van der Waals surface area contributed by atoms with Gasteiger partial charge in [-0.3, -0.25) is 4.90 Å². The van der Waals surface area contributed by atoms with Crippen LogP contribution >= 0.6 is 11.6 Å². The van der Waals surface area contributed by atoms with Crippen molar-refractivity contribution in [2.24, 2.45) is 11.7 Å². The largest absolute Gasteiger partial charge is 0.329 e. The van der Waals surface area contributed by atoms with Gasteiger partial charge in [-0.15, -0.1) is 0 Å². The van der Waals surface area contributed by atoms with Gasteiger partial charge in [-0.25, -0.2) is 4.39 Å². The van der Waals surface area contributed by atoms with E-state index in [-0.39, 0.29) is 16.9 Å². The van der Waals surface area contributed by atoms with Crippen LogP contribution in [0, 0.1) is 11.7 Å². The monoisotopic (exact) mass is 312 g/mol. The first-order valence-electron chi connectivity index (χ1n) is 8.05. The van der Waals surface area contributed by atoms with Gasteiger partial charge in [-0.05, 0) is 44.3 Å². The molecule has 1 aromatic carbocycles. The van der Waals surface area contributed by atoms with Gasteiger partial charge < -0.3 is 5.73 Å². The van der Waals surface area contributed by atoms with Crippen LogP contribution in [0.5, 0.6) is 0 Å². The Balaban J connectivity index is 2.12. The van der Waals surface area contributed by atoms with Crippen molar-refractivity contribution in [1.82, 2.24) is 4.90 Å². The van der Waals surface area contributed by atoms with Crippen molar-refractivity contribution in [1.29, 1.82) is 0 Å². The van der Waals surface area contributed by atoms with E-state index in [1.807, 2.05) is 6.07 Å². The predicted molar refractivity (Wildman–Crippen MR) is 87.0 cm³/mol. The van der Waals surface area contributed by atoms with Gasteiger partial charge >= 0.3 is 0 Å². The Morgan fingerprint density at radius 1 is 1.38 bits per heavy atom. The summed E-state index contributed by atoms with van der Waals surface area (Å²) in [5.74, 6) is 0.492. The molecule has 0 bridgehead atoms. The first kappa shape index (κ1) is 16.7. The lowest BCUT2D eigenvalue weighted by Crippen LogP contribution is -2.35. The number of halogens is 2. The first-order chi connectivity index (χ1) is 10.2. The highest BCUT2D eigenvalue weighted by Gasteiger charge is 2.25. The molecule has 1 heterocycles. The predicted octanol–water partition coefficient (Wildman–Crippen LogP) is 4.38. The molecule has 2 unspecified atom stereocenters. The fourth-order valence-electron chi connectivity index (χ4n) is 3.45. The number of benzene rings is 1. The SMILES string of the molecule is CCCC1CCCN(C(CN)c2cccc(Cl)c2F)CC1. The quantitative estimate of drug-likeness (QED) is 0.874. The highest BCUT2D eigenvalue weighted by atomic mass is 35.5. The third kappa shape index (κ3) is 4.18. The number of hydrogen-bond acceptors (Lipinski definition) is 2. The highest BCUT2D eigenvalue weighted by Crippen LogP contribution is 2.30. The van der Waals surface area contributed by atoms with Gasteiger partial charge in [0.2, 0.25) is 0 Å². The van der Waals surface area contributed by atoms with Crippen LogP contribution in [0.3, 0.4) is 0 Å². The lowest BCUT2D eigenvalue weighted by atomic mass is 9.96. The van der Waals surface area contributed by atoms with Crippen LogP contribution in [-0.4, -0.2) is 24.5 Å². The van der Waals surface area contributed by atoms with Crippen molar-refractivity contribution in [2.45, 2.75) is 45.1 Å². The summed E-state index contributed by atoms with van der Waals surface area (Å²) < 4.78 is 14.3. The zero-order chi connectivity index (χ0) is 15.2. The van der Waals surface area contributed by atoms with E-state index in [4.69, 9.17) is 17.3 Å². The number of likely N-dealkylation sites (tertiary alicyclic amines) is 1. The molecule has 2 atom stereocenters. The third-order valence-electron chi connectivity index (χ3n) is 4.58. The number of nitrogens with zero attached hydrogens (tertiary/aromatic N) is 1. The van der Waals surface area contributed by atoms with E-state index in [2.05, 4.69) is 11.8 Å². The van der Waals surface area contributed by atoms with E-state index in [1.165, 1.54) is 32.1 Å². The molecule has 1 aromatic rings. The molecule has 0 radical (unpaired) electrons. The lowest BCUT2D eigenvalue weighted by Gasteiger charge is -2.30. The second-order valence-corrected chi connectivity index (χ2v) is 6.42. The molecular weight excluding hydrogens is 287 g/mol. The molecule has 2 rings (SSSR count). The summed E-state index contributed by atoms with van der Waals surface area (Å²) >= 11 is 5.92. The number of hydrogen-bond donors (Lipinski definition) is 1. The molecular formula is C17H26ClFN2. The number of rotatable bonds is 5. The third-order valence-corrected chi connectivity index (χ3v) is 4.88. The van der Waals surface area contributed by atoms with Crippen molar-refractivity contribution >= 4 is 11.6 Å². The van der Waals surface area contributed by atoms with E-state index >= 15 is 0 Å². The minimum atomic E-state index is -0.316. The summed E-state index contributed by atoms with van der Waals surface area (Å²) in [4.78, 5) is 2.34. The molecule has 1 saturated heterocycles. The fraction of sp³-hybridized carbons (Fsp3) is 0.647. The van der Waals surface area contributed by atoms with Gasteiger partial charge in [0.15, 0.2) is 0 Å². The fourth-order valence-corrected chi connectivity index (χ4v) is 3.63. The Bertz CT molecular complexity index is 452. The maximum absolute atomic E-state index is 14.3. The van der Waals surface area contributed by atoms with Gasteiger partial charge in [-0.1, -0.05) is 43.5 Å². The van der Waals surface area contributed by atoms with Crippen molar-refractivity contribution in [3.8, 4) is 0 Å². The van der Waals surface area contributed by atoms with Crippen LogP contribution in [0.15, 0.2) is 18.2 Å². The first-order valence-corrected chi connectivity index (χ1v) is 8.43. The summed E-state index contributed by atoms with van der Waals surface area (Å²) in [6.45, 7) is 4.66. The van der Waals surface area contributed by atoms with Gasteiger partial charge in [0.25, 0.3) is 0 Å². The summed E-state index contributed by atoms with van der Waals surface area (Å²) in [5, 5.41) is 0.185. The van der Waals surface area contributed by atoms with E-state index < -0.39 is 0 Å². The molecule has 1 aliphatic heterocycles. The maximum atomic E-state index is 14.3. The number of nitrogens with two attached hydrogens (primary N) is 1.